The molecule has 0 bridgehead atoms. The second-order valence-electron chi connectivity index (χ2n) is 5.72. The number of rotatable bonds is 3. The Hall–Kier alpha value is -3.06. The minimum atomic E-state index is -0.262. The molecule has 0 aliphatic rings. The first kappa shape index (κ1) is 15.5. The summed E-state index contributed by atoms with van der Waals surface area (Å²) in [5, 5.41) is 10.3. The van der Waals surface area contributed by atoms with Crippen LogP contribution in [0.1, 0.15) is 11.1 Å². The molecular formula is C18H14N4O2S. The summed E-state index contributed by atoms with van der Waals surface area (Å²) in [4.78, 5) is 17.4. The minimum absolute atomic E-state index is 0.118. The molecule has 4 aromatic rings. The molecule has 0 saturated heterocycles. The van der Waals surface area contributed by atoms with E-state index in [-0.39, 0.29) is 17.0 Å². The van der Waals surface area contributed by atoms with E-state index in [4.69, 9.17) is 4.52 Å². The van der Waals surface area contributed by atoms with Crippen LogP contribution in [-0.4, -0.2) is 19.9 Å². The van der Waals surface area contributed by atoms with Gasteiger partial charge in [0.15, 0.2) is 5.69 Å². The van der Waals surface area contributed by atoms with Crippen molar-refractivity contribution in [3.05, 3.63) is 69.3 Å². The van der Waals surface area contributed by atoms with Crippen molar-refractivity contribution in [2.75, 3.05) is 0 Å². The molecule has 124 valence electrons. The predicted octanol–water partition coefficient (Wildman–Crippen LogP) is 3.63. The second-order valence-corrected chi connectivity index (χ2v) is 6.67. The highest BCUT2D eigenvalue weighted by Crippen LogP contribution is 2.23. The van der Waals surface area contributed by atoms with Crippen LogP contribution in [0.5, 0.6) is 0 Å². The number of hydrogen-bond donors (Lipinski definition) is 0. The molecule has 0 aliphatic carbocycles. The van der Waals surface area contributed by atoms with Gasteiger partial charge in [0.25, 0.3) is 5.89 Å². The molecule has 1 aromatic carbocycles. The lowest BCUT2D eigenvalue weighted by Gasteiger charge is -2.08. The Morgan fingerprint density at radius 2 is 1.92 bits per heavy atom. The van der Waals surface area contributed by atoms with Gasteiger partial charge in [-0.25, -0.2) is 4.68 Å². The van der Waals surface area contributed by atoms with Crippen LogP contribution in [0.15, 0.2) is 57.3 Å². The van der Waals surface area contributed by atoms with Gasteiger partial charge in [0, 0.05) is 12.3 Å². The lowest BCUT2D eigenvalue weighted by Crippen LogP contribution is -2.12. The normalized spacial score (nSPS) is 11.0. The van der Waals surface area contributed by atoms with E-state index in [9.17, 15) is 4.79 Å². The Morgan fingerprint density at radius 1 is 1.12 bits per heavy atom. The highest BCUT2D eigenvalue weighted by atomic mass is 32.1. The second kappa shape index (κ2) is 6.10. The fourth-order valence-electron chi connectivity index (χ4n) is 2.61. The van der Waals surface area contributed by atoms with Gasteiger partial charge in [-0.3, -0.25) is 4.79 Å². The van der Waals surface area contributed by atoms with Gasteiger partial charge < -0.3 is 4.52 Å². The third-order valence-electron chi connectivity index (χ3n) is 3.65. The number of thiophene rings is 1. The van der Waals surface area contributed by atoms with Crippen LogP contribution in [0.25, 0.3) is 28.0 Å². The maximum absolute atomic E-state index is 12.2. The Bertz CT molecular complexity index is 1080. The molecule has 3 heterocycles. The molecule has 0 amide bonds. The fourth-order valence-corrected chi connectivity index (χ4v) is 3.26. The smallest absolute Gasteiger partial charge is 0.282 e. The molecule has 0 radical (unpaired) electrons. The van der Waals surface area contributed by atoms with E-state index in [0.717, 1.165) is 21.7 Å². The Morgan fingerprint density at radius 3 is 2.64 bits per heavy atom. The van der Waals surface area contributed by atoms with Gasteiger partial charge in [-0.2, -0.15) is 10.1 Å². The molecule has 3 aromatic heterocycles. The molecule has 25 heavy (non-hydrogen) atoms. The quantitative estimate of drug-likeness (QED) is 0.564. The average Bonchev–Trinajstić information content (AvgIpc) is 3.26. The molecule has 6 nitrogen and oxygen atoms in total. The van der Waals surface area contributed by atoms with Crippen LogP contribution in [0.2, 0.25) is 0 Å². The van der Waals surface area contributed by atoms with E-state index in [1.807, 2.05) is 43.5 Å². The minimum Gasteiger partial charge on any atom is -0.332 e. The van der Waals surface area contributed by atoms with E-state index < -0.39 is 0 Å². The molecular weight excluding hydrogens is 336 g/mol. The number of nitrogens with zero attached hydrogens (tertiary/aromatic N) is 4. The zero-order valence-electron chi connectivity index (χ0n) is 13.6. The van der Waals surface area contributed by atoms with Crippen LogP contribution in [0.3, 0.4) is 0 Å². The van der Waals surface area contributed by atoms with Crippen molar-refractivity contribution in [1.82, 2.24) is 19.9 Å². The van der Waals surface area contributed by atoms with Gasteiger partial charge in [0.2, 0.25) is 11.3 Å². The number of benzene rings is 1. The van der Waals surface area contributed by atoms with Crippen molar-refractivity contribution in [2.24, 2.45) is 0 Å². The van der Waals surface area contributed by atoms with Crippen molar-refractivity contribution in [3.63, 3.8) is 0 Å². The van der Waals surface area contributed by atoms with Crippen molar-refractivity contribution in [3.8, 4) is 28.0 Å². The van der Waals surface area contributed by atoms with Crippen molar-refractivity contribution >= 4 is 11.3 Å². The SMILES string of the molecule is Cc1cc(C)cc(-n2ccc(=O)c(-c3nc(-c4cccs4)no3)n2)c1. The molecule has 0 saturated carbocycles. The summed E-state index contributed by atoms with van der Waals surface area (Å²) in [5.41, 5.74) is 2.99. The van der Waals surface area contributed by atoms with Crippen LogP contribution >= 0.6 is 11.3 Å². The summed E-state index contributed by atoms with van der Waals surface area (Å²) in [6.45, 7) is 4.04. The standard InChI is InChI=1S/C18H14N4O2S/c1-11-8-12(2)10-13(9-11)22-6-5-14(23)16(20-22)18-19-17(21-24-18)15-4-3-7-25-15/h3-10H,1-2H3. The van der Waals surface area contributed by atoms with Crippen LogP contribution in [0.4, 0.5) is 0 Å². The molecule has 0 spiro atoms. The molecule has 0 fully saturated rings. The first-order valence-electron chi connectivity index (χ1n) is 7.67. The maximum Gasteiger partial charge on any atom is 0.282 e. The van der Waals surface area contributed by atoms with Crippen molar-refractivity contribution < 1.29 is 4.52 Å². The lowest BCUT2D eigenvalue weighted by atomic mass is 10.1. The Balaban J connectivity index is 1.79. The van der Waals surface area contributed by atoms with Gasteiger partial charge >= 0.3 is 0 Å². The van der Waals surface area contributed by atoms with E-state index >= 15 is 0 Å². The summed E-state index contributed by atoms with van der Waals surface area (Å²) in [6, 6.07) is 11.3. The van der Waals surface area contributed by atoms with Crippen LogP contribution in [0, 0.1) is 13.8 Å². The monoisotopic (exact) mass is 350 g/mol. The Labute approximate surface area is 147 Å². The average molecular weight is 350 g/mol. The number of aromatic nitrogens is 4. The highest BCUT2D eigenvalue weighted by molar-refractivity contribution is 7.13. The zero-order chi connectivity index (χ0) is 17.4. The maximum atomic E-state index is 12.2. The van der Waals surface area contributed by atoms with Gasteiger partial charge in [-0.15, -0.1) is 11.3 Å². The molecule has 7 heteroatoms. The summed E-state index contributed by atoms with van der Waals surface area (Å²) < 4.78 is 6.91. The third kappa shape index (κ3) is 3.01. The van der Waals surface area contributed by atoms with Crippen LogP contribution < -0.4 is 5.43 Å². The van der Waals surface area contributed by atoms with E-state index in [0.29, 0.717) is 5.82 Å². The number of hydrogen-bond acceptors (Lipinski definition) is 6. The van der Waals surface area contributed by atoms with E-state index in [1.54, 1.807) is 10.9 Å². The Kier molecular flexibility index (Phi) is 3.77. The van der Waals surface area contributed by atoms with Crippen LogP contribution in [-0.2, 0) is 0 Å². The van der Waals surface area contributed by atoms with Crippen molar-refractivity contribution in [1.29, 1.82) is 0 Å². The first-order chi connectivity index (χ1) is 12.1. The summed E-state index contributed by atoms with van der Waals surface area (Å²) in [5.74, 6) is 0.570. The molecule has 4 rings (SSSR count). The van der Waals surface area contributed by atoms with E-state index in [2.05, 4.69) is 21.3 Å². The van der Waals surface area contributed by atoms with Crippen molar-refractivity contribution in [2.45, 2.75) is 13.8 Å². The van der Waals surface area contributed by atoms with Gasteiger partial charge in [0.05, 0.1) is 10.6 Å². The molecule has 0 N–H and O–H groups in total. The third-order valence-corrected chi connectivity index (χ3v) is 4.52. The van der Waals surface area contributed by atoms with Gasteiger partial charge in [0.1, 0.15) is 0 Å². The van der Waals surface area contributed by atoms with Gasteiger partial charge in [-0.1, -0.05) is 17.3 Å². The number of aryl methyl sites for hydroxylation is 2. The fraction of sp³-hybridized carbons (Fsp3) is 0.111. The molecule has 0 unspecified atom stereocenters. The first-order valence-corrected chi connectivity index (χ1v) is 8.55. The van der Waals surface area contributed by atoms with E-state index in [1.165, 1.54) is 17.4 Å². The molecule has 0 aliphatic heterocycles. The summed E-state index contributed by atoms with van der Waals surface area (Å²) in [6.07, 6.45) is 1.64. The largest absolute Gasteiger partial charge is 0.332 e. The topological polar surface area (TPSA) is 73.8 Å². The predicted molar refractivity (Wildman–Crippen MR) is 95.9 cm³/mol. The lowest BCUT2D eigenvalue weighted by molar-refractivity contribution is 0.430. The highest BCUT2D eigenvalue weighted by Gasteiger charge is 2.16. The summed E-state index contributed by atoms with van der Waals surface area (Å²) in [7, 11) is 0. The van der Waals surface area contributed by atoms with Gasteiger partial charge in [-0.05, 0) is 48.6 Å². The summed E-state index contributed by atoms with van der Waals surface area (Å²) >= 11 is 1.50. The zero-order valence-corrected chi connectivity index (χ0v) is 14.4. The molecule has 0 atom stereocenters.